The third-order valence-corrected chi connectivity index (χ3v) is 3.78. The van der Waals surface area contributed by atoms with Crippen LogP contribution in [0.15, 0.2) is 30.3 Å². The van der Waals surface area contributed by atoms with Crippen molar-refractivity contribution in [2.45, 2.75) is 25.8 Å². The Morgan fingerprint density at radius 2 is 1.95 bits per heavy atom. The first kappa shape index (κ1) is 15.8. The zero-order chi connectivity index (χ0) is 16.3. The van der Waals surface area contributed by atoms with E-state index < -0.39 is 23.4 Å². The van der Waals surface area contributed by atoms with E-state index >= 15 is 0 Å². The second-order valence-corrected chi connectivity index (χ2v) is 5.48. The van der Waals surface area contributed by atoms with Crippen LogP contribution in [-0.4, -0.2) is 42.0 Å². The summed E-state index contributed by atoms with van der Waals surface area (Å²) in [4.78, 5) is 37.8. The summed E-state index contributed by atoms with van der Waals surface area (Å²) < 4.78 is 0. The Kier molecular flexibility index (Phi) is 4.35. The van der Waals surface area contributed by atoms with Gasteiger partial charge in [-0.2, -0.15) is 5.01 Å². The standard InChI is InChI=1S/C15H20N4O3/c1-4-15(2)13(21)19(14(22)16-15)17-12(20)10-18(3)11-8-6-5-7-9-11/h5-9H,4,10H2,1-3H3,(H,16,22)(H,17,20). The summed E-state index contributed by atoms with van der Waals surface area (Å²) in [6.45, 7) is 3.46. The molecule has 1 aromatic rings. The van der Waals surface area contributed by atoms with Crippen LogP contribution in [-0.2, 0) is 9.59 Å². The number of hydrazine groups is 1. The van der Waals surface area contributed by atoms with Crippen molar-refractivity contribution < 1.29 is 14.4 Å². The Hall–Kier alpha value is -2.57. The number of benzene rings is 1. The molecular formula is C15H20N4O3. The first-order valence-electron chi connectivity index (χ1n) is 7.10. The molecule has 0 radical (unpaired) electrons. The van der Waals surface area contributed by atoms with Crippen LogP contribution in [0, 0.1) is 0 Å². The van der Waals surface area contributed by atoms with Crippen molar-refractivity contribution >= 4 is 23.5 Å². The van der Waals surface area contributed by atoms with Gasteiger partial charge in [-0.1, -0.05) is 25.1 Å². The van der Waals surface area contributed by atoms with Crippen molar-refractivity contribution in [1.29, 1.82) is 0 Å². The van der Waals surface area contributed by atoms with E-state index in [-0.39, 0.29) is 6.54 Å². The number of anilines is 1. The van der Waals surface area contributed by atoms with E-state index in [1.54, 1.807) is 25.8 Å². The summed E-state index contributed by atoms with van der Waals surface area (Å²) >= 11 is 0. The van der Waals surface area contributed by atoms with Gasteiger partial charge in [0.15, 0.2) is 0 Å². The first-order valence-corrected chi connectivity index (χ1v) is 7.10. The number of carbonyl (C=O) groups excluding carboxylic acids is 3. The molecular weight excluding hydrogens is 284 g/mol. The molecule has 0 bridgehead atoms. The number of likely N-dealkylation sites (N-methyl/N-ethyl adjacent to an activating group) is 1. The fourth-order valence-corrected chi connectivity index (χ4v) is 2.17. The summed E-state index contributed by atoms with van der Waals surface area (Å²) in [5.41, 5.74) is 2.27. The summed E-state index contributed by atoms with van der Waals surface area (Å²) in [5, 5.41) is 3.33. The van der Waals surface area contributed by atoms with Gasteiger partial charge >= 0.3 is 6.03 Å². The van der Waals surface area contributed by atoms with Crippen LogP contribution in [0.3, 0.4) is 0 Å². The van der Waals surface area contributed by atoms with Gasteiger partial charge in [-0.05, 0) is 25.5 Å². The number of hydrogen-bond acceptors (Lipinski definition) is 4. The van der Waals surface area contributed by atoms with Gasteiger partial charge in [0.25, 0.3) is 11.8 Å². The minimum absolute atomic E-state index is 0.0317. The van der Waals surface area contributed by atoms with Crippen LogP contribution in [0.5, 0.6) is 0 Å². The number of hydrogen-bond donors (Lipinski definition) is 2. The van der Waals surface area contributed by atoms with Gasteiger partial charge < -0.3 is 10.2 Å². The lowest BCUT2D eigenvalue weighted by atomic mass is 10.00. The lowest BCUT2D eigenvalue weighted by Gasteiger charge is -2.22. The molecule has 2 N–H and O–H groups in total. The van der Waals surface area contributed by atoms with E-state index in [1.807, 2.05) is 30.3 Å². The monoisotopic (exact) mass is 304 g/mol. The zero-order valence-electron chi connectivity index (χ0n) is 12.9. The van der Waals surface area contributed by atoms with Gasteiger partial charge in [0.2, 0.25) is 0 Å². The summed E-state index contributed by atoms with van der Waals surface area (Å²) in [5.74, 6) is -0.883. The summed E-state index contributed by atoms with van der Waals surface area (Å²) in [6.07, 6.45) is 0.452. The largest absolute Gasteiger partial charge is 0.365 e. The molecule has 0 aromatic heterocycles. The fraction of sp³-hybridized carbons (Fsp3) is 0.400. The Labute approximate surface area is 129 Å². The first-order chi connectivity index (χ1) is 10.4. The Bertz CT molecular complexity index is 590. The maximum atomic E-state index is 12.2. The lowest BCUT2D eigenvalue weighted by molar-refractivity contribution is -0.138. The van der Waals surface area contributed by atoms with Crippen molar-refractivity contribution in [2.24, 2.45) is 0 Å². The van der Waals surface area contributed by atoms with Crippen LogP contribution in [0.4, 0.5) is 10.5 Å². The molecule has 0 saturated carbocycles. The molecule has 1 saturated heterocycles. The highest BCUT2D eigenvalue weighted by Gasteiger charge is 2.47. The molecule has 1 atom stereocenters. The Morgan fingerprint density at radius 1 is 1.32 bits per heavy atom. The molecule has 2 rings (SSSR count). The molecule has 0 spiro atoms. The molecule has 1 heterocycles. The number of nitrogens with one attached hydrogen (secondary N) is 2. The molecule has 4 amide bonds. The lowest BCUT2D eigenvalue weighted by Crippen LogP contribution is -2.50. The Balaban J connectivity index is 1.98. The molecule has 1 aromatic carbocycles. The highest BCUT2D eigenvalue weighted by Crippen LogP contribution is 2.19. The molecule has 1 fully saturated rings. The van der Waals surface area contributed by atoms with Crippen molar-refractivity contribution in [3.8, 4) is 0 Å². The predicted molar refractivity (Wildman–Crippen MR) is 81.9 cm³/mol. The van der Waals surface area contributed by atoms with Crippen LogP contribution in [0.25, 0.3) is 0 Å². The van der Waals surface area contributed by atoms with Crippen LogP contribution in [0.1, 0.15) is 20.3 Å². The quantitative estimate of drug-likeness (QED) is 0.791. The molecule has 22 heavy (non-hydrogen) atoms. The topological polar surface area (TPSA) is 81.8 Å². The summed E-state index contributed by atoms with van der Waals surface area (Å²) in [6, 6.07) is 8.76. The number of amides is 4. The molecule has 118 valence electrons. The number of nitrogens with zero attached hydrogens (tertiary/aromatic N) is 2. The average molecular weight is 304 g/mol. The van der Waals surface area contributed by atoms with Crippen molar-refractivity contribution in [1.82, 2.24) is 15.8 Å². The van der Waals surface area contributed by atoms with E-state index in [0.29, 0.717) is 6.42 Å². The molecule has 1 aliphatic heterocycles. The normalized spacial score (nSPS) is 20.8. The molecule has 1 aliphatic rings. The van der Waals surface area contributed by atoms with Gasteiger partial charge in [-0.25, -0.2) is 4.79 Å². The SMILES string of the molecule is CCC1(C)NC(=O)N(NC(=O)CN(C)c2ccccc2)C1=O. The number of urea groups is 1. The maximum absolute atomic E-state index is 12.2. The third kappa shape index (κ3) is 3.03. The van der Waals surface area contributed by atoms with Crippen LogP contribution >= 0.6 is 0 Å². The Morgan fingerprint density at radius 3 is 2.50 bits per heavy atom. The highest BCUT2D eigenvalue weighted by molar-refractivity contribution is 6.07. The fourth-order valence-electron chi connectivity index (χ4n) is 2.17. The van der Waals surface area contributed by atoms with E-state index in [0.717, 1.165) is 10.7 Å². The van der Waals surface area contributed by atoms with E-state index in [9.17, 15) is 14.4 Å². The molecule has 7 heteroatoms. The van der Waals surface area contributed by atoms with Crippen molar-refractivity contribution in [3.05, 3.63) is 30.3 Å². The highest BCUT2D eigenvalue weighted by atomic mass is 16.2. The average Bonchev–Trinajstić information content (AvgIpc) is 2.72. The maximum Gasteiger partial charge on any atom is 0.344 e. The van der Waals surface area contributed by atoms with Gasteiger partial charge in [0, 0.05) is 12.7 Å². The molecule has 7 nitrogen and oxygen atoms in total. The van der Waals surface area contributed by atoms with E-state index in [2.05, 4.69) is 10.7 Å². The van der Waals surface area contributed by atoms with Gasteiger partial charge in [-0.3, -0.25) is 15.0 Å². The minimum atomic E-state index is -0.963. The number of carbonyl (C=O) groups is 3. The predicted octanol–water partition coefficient (Wildman–Crippen LogP) is 0.874. The number of para-hydroxylation sites is 1. The number of rotatable bonds is 5. The summed E-state index contributed by atoms with van der Waals surface area (Å²) in [7, 11) is 1.76. The third-order valence-electron chi connectivity index (χ3n) is 3.78. The van der Waals surface area contributed by atoms with E-state index in [1.165, 1.54) is 0 Å². The number of imide groups is 1. The van der Waals surface area contributed by atoms with Gasteiger partial charge in [-0.15, -0.1) is 0 Å². The van der Waals surface area contributed by atoms with Gasteiger partial charge in [0.05, 0.1) is 6.54 Å². The zero-order valence-corrected chi connectivity index (χ0v) is 12.9. The smallest absolute Gasteiger partial charge is 0.344 e. The van der Waals surface area contributed by atoms with Crippen molar-refractivity contribution in [3.63, 3.8) is 0 Å². The molecule has 0 aliphatic carbocycles. The van der Waals surface area contributed by atoms with Crippen LogP contribution in [0.2, 0.25) is 0 Å². The van der Waals surface area contributed by atoms with Crippen LogP contribution < -0.4 is 15.6 Å². The van der Waals surface area contributed by atoms with Gasteiger partial charge in [0.1, 0.15) is 5.54 Å². The van der Waals surface area contributed by atoms with Crippen molar-refractivity contribution in [2.75, 3.05) is 18.5 Å². The second-order valence-electron chi connectivity index (χ2n) is 5.48. The minimum Gasteiger partial charge on any atom is -0.365 e. The molecule has 1 unspecified atom stereocenters. The van der Waals surface area contributed by atoms with E-state index in [4.69, 9.17) is 0 Å². The second kappa shape index (κ2) is 6.05.